The summed E-state index contributed by atoms with van der Waals surface area (Å²) >= 11 is 3.09. The molecule has 2 aliphatic rings. The van der Waals surface area contributed by atoms with E-state index >= 15 is 0 Å². The highest BCUT2D eigenvalue weighted by Gasteiger charge is 2.59. The quantitative estimate of drug-likeness (QED) is 0.635. The summed E-state index contributed by atoms with van der Waals surface area (Å²) in [5.41, 5.74) is -0.394. The molecule has 3 rings (SSSR count). The molecule has 2 fully saturated rings. The van der Waals surface area contributed by atoms with Gasteiger partial charge in [0, 0.05) is 16.9 Å². The van der Waals surface area contributed by atoms with Gasteiger partial charge in [-0.15, -0.1) is 0 Å². The maximum absolute atomic E-state index is 12.6. The number of halogens is 1. The van der Waals surface area contributed by atoms with Crippen LogP contribution in [-0.2, 0) is 14.8 Å². The van der Waals surface area contributed by atoms with Crippen LogP contribution in [-0.4, -0.2) is 36.6 Å². The Hall–Kier alpha value is -1.45. The van der Waals surface area contributed by atoms with Gasteiger partial charge in [-0.2, -0.15) is 0 Å². The van der Waals surface area contributed by atoms with Crippen molar-refractivity contribution in [1.29, 1.82) is 0 Å². The normalized spacial score (nSPS) is 24.4. The molecule has 0 aromatic heterocycles. The van der Waals surface area contributed by atoms with Crippen molar-refractivity contribution in [1.82, 2.24) is 4.72 Å². The van der Waals surface area contributed by atoms with Crippen molar-refractivity contribution in [2.45, 2.75) is 43.0 Å². The first-order valence-electron chi connectivity index (χ1n) is 7.93. The Balaban J connectivity index is 1.80. The van der Waals surface area contributed by atoms with Gasteiger partial charge in [0.25, 0.3) is 0 Å². The number of carbonyl (C=O) groups is 2. The molecule has 2 saturated carbocycles. The zero-order valence-electron chi connectivity index (χ0n) is 13.2. The fourth-order valence-electron chi connectivity index (χ4n) is 3.97. The second-order valence-electron chi connectivity index (χ2n) is 6.74. The number of hydrogen-bond acceptors (Lipinski definition) is 4. The number of hydrogen-bond donors (Lipinski definition) is 3. The number of rotatable bonds is 6. The average Bonchev–Trinajstić information content (AvgIpc) is 2.43. The summed E-state index contributed by atoms with van der Waals surface area (Å²) in [5, 5.41) is 18.2. The molecule has 0 heterocycles. The Kier molecular flexibility index (Phi) is 4.67. The van der Waals surface area contributed by atoms with Crippen molar-refractivity contribution in [2.75, 3.05) is 0 Å². The lowest BCUT2D eigenvalue weighted by atomic mass is 9.46. The lowest BCUT2D eigenvalue weighted by molar-refractivity contribution is -0.147. The molecule has 1 aromatic carbocycles. The largest absolute Gasteiger partial charge is 0.481 e. The molecule has 0 radical (unpaired) electrons. The van der Waals surface area contributed by atoms with E-state index in [1.54, 1.807) is 0 Å². The molecule has 136 valence electrons. The summed E-state index contributed by atoms with van der Waals surface area (Å²) < 4.78 is 28.3. The van der Waals surface area contributed by atoms with Gasteiger partial charge in [0.1, 0.15) is 0 Å². The lowest BCUT2D eigenvalue weighted by Gasteiger charge is -2.61. The monoisotopic (exact) mass is 431 g/mol. The van der Waals surface area contributed by atoms with Crippen LogP contribution in [0.15, 0.2) is 27.6 Å². The maximum Gasteiger partial charge on any atom is 0.336 e. The molecule has 0 aliphatic heterocycles. The van der Waals surface area contributed by atoms with Crippen LogP contribution in [0.5, 0.6) is 0 Å². The van der Waals surface area contributed by atoms with E-state index in [1.807, 2.05) is 0 Å². The van der Waals surface area contributed by atoms with Gasteiger partial charge >= 0.3 is 11.9 Å². The van der Waals surface area contributed by atoms with Gasteiger partial charge < -0.3 is 10.2 Å². The fourth-order valence-corrected chi connectivity index (χ4v) is 5.75. The first-order valence-corrected chi connectivity index (χ1v) is 10.2. The highest BCUT2D eigenvalue weighted by atomic mass is 79.9. The van der Waals surface area contributed by atoms with Gasteiger partial charge in [0.2, 0.25) is 10.0 Å². The van der Waals surface area contributed by atoms with E-state index in [0.717, 1.165) is 25.3 Å². The molecule has 2 atom stereocenters. The molecule has 0 saturated heterocycles. The molecule has 2 aliphatic carbocycles. The third-order valence-corrected chi connectivity index (χ3v) is 7.67. The molecule has 9 heteroatoms. The van der Waals surface area contributed by atoms with Crippen LogP contribution in [0.4, 0.5) is 0 Å². The smallest absolute Gasteiger partial charge is 0.336 e. The van der Waals surface area contributed by atoms with Crippen LogP contribution < -0.4 is 4.72 Å². The minimum atomic E-state index is -3.87. The first-order chi connectivity index (χ1) is 11.7. The van der Waals surface area contributed by atoms with E-state index in [9.17, 15) is 18.0 Å². The van der Waals surface area contributed by atoms with Crippen molar-refractivity contribution in [3.63, 3.8) is 0 Å². The highest BCUT2D eigenvalue weighted by Crippen LogP contribution is 2.61. The van der Waals surface area contributed by atoms with Gasteiger partial charge in [-0.05, 0) is 64.7 Å². The lowest BCUT2D eigenvalue weighted by Crippen LogP contribution is -2.64. The van der Waals surface area contributed by atoms with E-state index in [0.29, 0.717) is 10.9 Å². The number of aromatic carboxylic acids is 1. The predicted octanol–water partition coefficient (Wildman–Crippen LogP) is 2.46. The van der Waals surface area contributed by atoms with Crippen LogP contribution in [0.25, 0.3) is 0 Å². The Bertz CT molecular complexity index is 833. The van der Waals surface area contributed by atoms with Crippen molar-refractivity contribution in [3.8, 4) is 0 Å². The summed E-state index contributed by atoms with van der Waals surface area (Å²) in [6.07, 6.45) is 3.15. The molecular formula is C16H18BrNO6S. The standard InChI is InChI=1S/C16H18BrNO6S/c17-12-3-2-10(8-11(12)15(21)22)25(23,24)18-13-6-9(7-14(19)20)16(13)4-1-5-16/h2-3,8-9,13,18H,1,4-7H2,(H,19,20)(H,21,22). The predicted molar refractivity (Wildman–Crippen MR) is 91.9 cm³/mol. The Morgan fingerprint density at radius 3 is 2.48 bits per heavy atom. The summed E-state index contributed by atoms with van der Waals surface area (Å²) in [6, 6.07) is 3.56. The number of carboxylic acid groups (broad SMARTS) is 2. The van der Waals surface area contributed by atoms with E-state index in [4.69, 9.17) is 10.2 Å². The summed E-state index contributed by atoms with van der Waals surface area (Å²) in [4.78, 5) is 22.1. The number of aliphatic carboxylic acids is 1. The summed E-state index contributed by atoms with van der Waals surface area (Å²) in [6.45, 7) is 0. The fraction of sp³-hybridized carbons (Fsp3) is 0.500. The second-order valence-corrected chi connectivity index (χ2v) is 9.31. The van der Waals surface area contributed by atoms with Crippen LogP contribution >= 0.6 is 15.9 Å². The summed E-state index contributed by atoms with van der Waals surface area (Å²) in [7, 11) is -3.87. The van der Waals surface area contributed by atoms with E-state index < -0.39 is 22.0 Å². The van der Waals surface area contributed by atoms with Crippen LogP contribution in [0.3, 0.4) is 0 Å². The van der Waals surface area contributed by atoms with E-state index in [1.165, 1.54) is 12.1 Å². The highest BCUT2D eigenvalue weighted by molar-refractivity contribution is 9.10. The molecule has 3 N–H and O–H groups in total. The molecule has 1 spiro atoms. The molecule has 7 nitrogen and oxygen atoms in total. The van der Waals surface area contributed by atoms with Gasteiger partial charge in [0.15, 0.2) is 0 Å². The van der Waals surface area contributed by atoms with Crippen LogP contribution in [0.1, 0.15) is 42.5 Å². The molecule has 2 unspecified atom stereocenters. The van der Waals surface area contributed by atoms with Crippen molar-refractivity contribution < 1.29 is 28.2 Å². The molecule has 0 bridgehead atoms. The van der Waals surface area contributed by atoms with E-state index in [-0.39, 0.29) is 34.3 Å². The summed E-state index contributed by atoms with van der Waals surface area (Å²) in [5.74, 6) is -2.09. The van der Waals surface area contributed by atoms with E-state index in [2.05, 4.69) is 20.7 Å². The van der Waals surface area contributed by atoms with Crippen molar-refractivity contribution in [2.24, 2.45) is 11.3 Å². The van der Waals surface area contributed by atoms with Gasteiger partial charge in [0.05, 0.1) is 10.5 Å². The molecular weight excluding hydrogens is 414 g/mol. The third kappa shape index (κ3) is 3.20. The number of carboxylic acids is 2. The Morgan fingerprint density at radius 2 is 1.96 bits per heavy atom. The SMILES string of the molecule is O=C(O)CC1CC(NS(=O)(=O)c2ccc(Br)c(C(=O)O)c2)C12CCC2. The van der Waals surface area contributed by atoms with Gasteiger partial charge in [-0.1, -0.05) is 6.42 Å². The topological polar surface area (TPSA) is 121 Å². The molecule has 1 aromatic rings. The minimum absolute atomic E-state index is 0.00838. The maximum atomic E-state index is 12.6. The first kappa shape index (κ1) is 18.3. The molecule has 0 amide bonds. The van der Waals surface area contributed by atoms with Gasteiger partial charge in [-0.25, -0.2) is 17.9 Å². The Labute approximate surface area is 153 Å². The zero-order chi connectivity index (χ0) is 18.4. The Morgan fingerprint density at radius 1 is 1.28 bits per heavy atom. The molecule has 25 heavy (non-hydrogen) atoms. The number of sulfonamides is 1. The average molecular weight is 432 g/mol. The van der Waals surface area contributed by atoms with Crippen molar-refractivity contribution >= 4 is 37.9 Å². The minimum Gasteiger partial charge on any atom is -0.481 e. The number of benzene rings is 1. The van der Waals surface area contributed by atoms with Crippen LogP contribution in [0, 0.1) is 11.3 Å². The third-order valence-electron chi connectivity index (χ3n) is 5.51. The van der Waals surface area contributed by atoms with Crippen LogP contribution in [0.2, 0.25) is 0 Å². The number of nitrogens with one attached hydrogen (secondary N) is 1. The van der Waals surface area contributed by atoms with Crippen molar-refractivity contribution in [3.05, 3.63) is 28.2 Å². The van der Waals surface area contributed by atoms with Gasteiger partial charge in [-0.3, -0.25) is 4.79 Å². The second kappa shape index (κ2) is 6.37. The zero-order valence-corrected chi connectivity index (χ0v) is 15.6.